The smallest absolute Gasteiger partial charge is 0.259 e. The number of nitrogens with zero attached hydrogens (tertiary/aromatic N) is 6. The van der Waals surface area contributed by atoms with E-state index in [1.165, 1.54) is 12.5 Å². The van der Waals surface area contributed by atoms with E-state index in [0.29, 0.717) is 43.0 Å². The van der Waals surface area contributed by atoms with Crippen molar-refractivity contribution in [2.24, 2.45) is 0 Å². The lowest BCUT2D eigenvalue weighted by Crippen LogP contribution is -2.49. The molecule has 2 aromatic carbocycles. The van der Waals surface area contributed by atoms with Crippen molar-refractivity contribution in [1.82, 2.24) is 24.6 Å². The molecule has 10 nitrogen and oxygen atoms in total. The lowest BCUT2D eigenvalue weighted by atomic mass is 10.1. The summed E-state index contributed by atoms with van der Waals surface area (Å²) in [7, 11) is 0. The van der Waals surface area contributed by atoms with Gasteiger partial charge in [-0.2, -0.15) is 5.10 Å². The molecular formula is C27H23N7O3. The average molecular weight is 494 g/mol. The third kappa shape index (κ3) is 4.52. The molecule has 0 saturated carbocycles. The van der Waals surface area contributed by atoms with Crippen molar-refractivity contribution in [1.29, 1.82) is 0 Å². The van der Waals surface area contributed by atoms with Gasteiger partial charge in [0.25, 0.3) is 11.8 Å². The van der Waals surface area contributed by atoms with Crippen molar-refractivity contribution >= 4 is 34.2 Å². The molecule has 1 aliphatic heterocycles. The quantitative estimate of drug-likeness (QED) is 0.398. The van der Waals surface area contributed by atoms with E-state index in [9.17, 15) is 9.59 Å². The van der Waals surface area contributed by atoms with Crippen LogP contribution in [-0.2, 0) is 0 Å². The molecule has 0 bridgehead atoms. The summed E-state index contributed by atoms with van der Waals surface area (Å²) in [6.45, 7) is 2.62. The van der Waals surface area contributed by atoms with Gasteiger partial charge in [-0.05, 0) is 42.5 Å². The number of amides is 2. The van der Waals surface area contributed by atoms with E-state index in [1.807, 2.05) is 41.3 Å². The molecule has 5 aromatic rings. The number of aromatic nitrogens is 4. The van der Waals surface area contributed by atoms with Crippen molar-refractivity contribution in [3.05, 3.63) is 97.0 Å². The molecule has 1 N–H and O–H groups in total. The Kier molecular flexibility index (Phi) is 5.81. The molecule has 10 heteroatoms. The molecule has 0 atom stereocenters. The molecule has 0 radical (unpaired) electrons. The molecular weight excluding hydrogens is 470 g/mol. The Morgan fingerprint density at radius 1 is 0.892 bits per heavy atom. The number of carbonyl (C=O) groups is 2. The zero-order valence-electron chi connectivity index (χ0n) is 19.8. The first-order chi connectivity index (χ1) is 18.2. The van der Waals surface area contributed by atoms with E-state index < -0.39 is 0 Å². The van der Waals surface area contributed by atoms with E-state index in [0.717, 1.165) is 22.4 Å². The fourth-order valence-corrected chi connectivity index (χ4v) is 4.43. The molecule has 0 aliphatic carbocycles. The Morgan fingerprint density at radius 2 is 1.70 bits per heavy atom. The molecule has 1 saturated heterocycles. The molecule has 1 fully saturated rings. The van der Waals surface area contributed by atoms with Gasteiger partial charge in [-0.3, -0.25) is 9.59 Å². The first kappa shape index (κ1) is 22.5. The van der Waals surface area contributed by atoms with E-state index in [4.69, 9.17) is 4.42 Å². The highest BCUT2D eigenvalue weighted by atomic mass is 16.3. The van der Waals surface area contributed by atoms with Gasteiger partial charge in [-0.25, -0.2) is 14.6 Å². The van der Waals surface area contributed by atoms with Crippen LogP contribution in [0.2, 0.25) is 0 Å². The summed E-state index contributed by atoms with van der Waals surface area (Å²) >= 11 is 0. The number of benzene rings is 2. The Balaban J connectivity index is 1.09. The molecule has 1 aliphatic rings. The third-order valence-electron chi connectivity index (χ3n) is 6.39. The average Bonchev–Trinajstić information content (AvgIpc) is 3.66. The zero-order chi connectivity index (χ0) is 25.2. The molecule has 0 spiro atoms. The summed E-state index contributed by atoms with van der Waals surface area (Å²) in [6.07, 6.45) is 7.70. The van der Waals surface area contributed by atoms with Crippen LogP contribution in [0.4, 0.5) is 11.5 Å². The maximum absolute atomic E-state index is 13.1. The number of fused-ring (bicyclic) bond motifs is 1. The van der Waals surface area contributed by atoms with Crippen molar-refractivity contribution in [2.45, 2.75) is 0 Å². The highest BCUT2D eigenvalue weighted by Crippen LogP contribution is 2.24. The Hall–Kier alpha value is -4.99. The molecule has 4 heterocycles. The van der Waals surface area contributed by atoms with Crippen LogP contribution in [0.25, 0.3) is 16.6 Å². The van der Waals surface area contributed by atoms with Gasteiger partial charge in [0.1, 0.15) is 18.4 Å². The lowest BCUT2D eigenvalue weighted by Gasteiger charge is -2.35. The second-order valence-corrected chi connectivity index (χ2v) is 8.68. The maximum Gasteiger partial charge on any atom is 0.259 e. The SMILES string of the molecule is O=C(Nc1cnn(-c2ccc(C(=O)N3CCN(c4ncnc5ccccc45)CC3)cc2)c1)c1ccoc1. The van der Waals surface area contributed by atoms with E-state index in [1.54, 1.807) is 41.6 Å². The van der Waals surface area contributed by atoms with Gasteiger partial charge >= 0.3 is 0 Å². The molecule has 6 rings (SSSR count). The number of hydrogen-bond acceptors (Lipinski definition) is 7. The fourth-order valence-electron chi connectivity index (χ4n) is 4.43. The highest BCUT2D eigenvalue weighted by molar-refractivity contribution is 6.03. The Labute approximate surface area is 212 Å². The monoisotopic (exact) mass is 493 g/mol. The Bertz CT molecular complexity index is 1550. The molecule has 3 aromatic heterocycles. The number of anilines is 2. The van der Waals surface area contributed by atoms with Crippen molar-refractivity contribution in [3.63, 3.8) is 0 Å². The van der Waals surface area contributed by atoms with Gasteiger partial charge in [-0.1, -0.05) is 12.1 Å². The minimum Gasteiger partial charge on any atom is -0.472 e. The maximum atomic E-state index is 13.1. The summed E-state index contributed by atoms with van der Waals surface area (Å²) in [6, 6.07) is 16.8. The predicted molar refractivity (Wildman–Crippen MR) is 138 cm³/mol. The summed E-state index contributed by atoms with van der Waals surface area (Å²) < 4.78 is 6.59. The first-order valence-corrected chi connectivity index (χ1v) is 11.9. The number of nitrogens with one attached hydrogen (secondary N) is 1. The Morgan fingerprint density at radius 3 is 2.49 bits per heavy atom. The van der Waals surface area contributed by atoms with Crippen LogP contribution in [-0.4, -0.2) is 62.6 Å². The van der Waals surface area contributed by atoms with Crippen molar-refractivity contribution in [2.75, 3.05) is 36.4 Å². The number of para-hydroxylation sites is 1. The van der Waals surface area contributed by atoms with E-state index in [-0.39, 0.29) is 11.8 Å². The number of hydrogen-bond donors (Lipinski definition) is 1. The van der Waals surface area contributed by atoms with Crippen LogP contribution in [0.1, 0.15) is 20.7 Å². The highest BCUT2D eigenvalue weighted by Gasteiger charge is 2.24. The predicted octanol–water partition coefficient (Wildman–Crippen LogP) is 3.62. The second-order valence-electron chi connectivity index (χ2n) is 8.68. The van der Waals surface area contributed by atoms with Crippen molar-refractivity contribution < 1.29 is 14.0 Å². The summed E-state index contributed by atoms with van der Waals surface area (Å²) in [5.41, 5.74) is 3.30. The second kappa shape index (κ2) is 9.57. The number of rotatable bonds is 5. The minimum atomic E-state index is -0.276. The minimum absolute atomic E-state index is 0.00715. The fraction of sp³-hybridized carbons (Fsp3) is 0.148. The summed E-state index contributed by atoms with van der Waals surface area (Å²) in [5.74, 6) is 0.621. The van der Waals surface area contributed by atoms with Gasteiger partial charge in [-0.15, -0.1) is 0 Å². The van der Waals surface area contributed by atoms with Gasteiger partial charge in [0, 0.05) is 37.1 Å². The lowest BCUT2D eigenvalue weighted by molar-refractivity contribution is 0.0746. The molecule has 37 heavy (non-hydrogen) atoms. The van der Waals surface area contributed by atoms with Crippen LogP contribution in [0.15, 0.2) is 90.3 Å². The van der Waals surface area contributed by atoms with E-state index >= 15 is 0 Å². The zero-order valence-corrected chi connectivity index (χ0v) is 19.8. The van der Waals surface area contributed by atoms with Crippen LogP contribution in [0.5, 0.6) is 0 Å². The summed E-state index contributed by atoms with van der Waals surface area (Å²) in [5, 5.41) is 8.11. The van der Waals surface area contributed by atoms with Crippen LogP contribution < -0.4 is 10.2 Å². The topological polar surface area (TPSA) is 109 Å². The van der Waals surface area contributed by atoms with Gasteiger partial charge in [0.05, 0.1) is 41.1 Å². The third-order valence-corrected chi connectivity index (χ3v) is 6.39. The first-order valence-electron chi connectivity index (χ1n) is 11.9. The largest absolute Gasteiger partial charge is 0.472 e. The number of piperazine rings is 1. The number of furan rings is 1. The van der Waals surface area contributed by atoms with Crippen LogP contribution in [0, 0.1) is 0 Å². The van der Waals surface area contributed by atoms with Crippen LogP contribution >= 0.6 is 0 Å². The summed E-state index contributed by atoms with van der Waals surface area (Å²) in [4.78, 5) is 38.3. The normalized spacial score (nSPS) is 13.6. The van der Waals surface area contributed by atoms with E-state index in [2.05, 4.69) is 25.3 Å². The molecule has 0 unspecified atom stereocenters. The van der Waals surface area contributed by atoms with Gasteiger partial charge in [0.2, 0.25) is 0 Å². The van der Waals surface area contributed by atoms with Crippen molar-refractivity contribution in [3.8, 4) is 5.69 Å². The van der Waals surface area contributed by atoms with Crippen LogP contribution in [0.3, 0.4) is 0 Å². The molecule has 2 amide bonds. The standard InChI is InChI=1S/C27H23N7O3/c35-26(20-9-14-37-17-20)31-21-15-30-34(16-21)22-7-5-19(6-8-22)27(36)33-12-10-32(11-13-33)25-23-3-1-2-4-24(23)28-18-29-25/h1-9,14-18H,10-13H2,(H,31,35). The van der Waals surface area contributed by atoms with Gasteiger partial charge < -0.3 is 19.5 Å². The molecule has 184 valence electrons. The van der Waals surface area contributed by atoms with Gasteiger partial charge in [0.15, 0.2) is 0 Å². The number of carbonyl (C=O) groups excluding carboxylic acids is 2.